The van der Waals surface area contributed by atoms with Crippen molar-refractivity contribution in [1.82, 2.24) is 4.98 Å². The summed E-state index contributed by atoms with van der Waals surface area (Å²) in [6.07, 6.45) is 0. The van der Waals surface area contributed by atoms with Crippen molar-refractivity contribution in [1.29, 1.82) is 0 Å². The third-order valence-corrected chi connectivity index (χ3v) is 3.21. The number of pyridine rings is 1. The smallest absolute Gasteiger partial charge is 0.871 e. The van der Waals surface area contributed by atoms with E-state index in [2.05, 4.69) is 4.98 Å². The van der Waals surface area contributed by atoms with Crippen molar-refractivity contribution >= 4 is 33.7 Å². The van der Waals surface area contributed by atoms with Gasteiger partial charge in [0, 0.05) is 5.39 Å². The van der Waals surface area contributed by atoms with Crippen molar-refractivity contribution in [3.05, 3.63) is 47.5 Å². The van der Waals surface area contributed by atoms with E-state index < -0.39 is 17.7 Å². The average molecular weight is 359 g/mol. The molecule has 0 radical (unpaired) electrons. The van der Waals surface area contributed by atoms with E-state index in [4.69, 9.17) is 5.11 Å². The number of carboxylic acids is 2. The van der Waals surface area contributed by atoms with E-state index in [1.807, 2.05) is 0 Å². The number of fused-ring (bicyclic) bond motifs is 2. The van der Waals surface area contributed by atoms with E-state index in [1.165, 1.54) is 36.4 Å². The maximum Gasteiger partial charge on any atom is 1.00 e. The van der Waals surface area contributed by atoms with E-state index in [-0.39, 0.29) is 119 Å². The van der Waals surface area contributed by atoms with Crippen molar-refractivity contribution in [3.8, 4) is 5.75 Å². The fourth-order valence-electron chi connectivity index (χ4n) is 2.17. The zero-order valence-corrected chi connectivity index (χ0v) is 18.7. The second-order valence-electron chi connectivity index (χ2n) is 4.50. The molecule has 1 aromatic heterocycles. The maximum atomic E-state index is 12.1. The van der Waals surface area contributed by atoms with Crippen LogP contribution in [0, 0.1) is 0 Å². The predicted octanol–water partition coefficient (Wildman–Crippen LogP) is -5.47. The van der Waals surface area contributed by atoms with E-state index in [0.717, 1.165) is 0 Å². The number of hydrogen-bond donors (Lipinski definition) is 1. The van der Waals surface area contributed by atoms with Crippen LogP contribution in [0.4, 0.5) is 0 Å². The van der Waals surface area contributed by atoms with E-state index in [9.17, 15) is 19.8 Å². The Balaban J connectivity index is 0.00000132. The minimum Gasteiger partial charge on any atom is -0.871 e. The molecule has 0 aliphatic heterocycles. The summed E-state index contributed by atoms with van der Waals surface area (Å²) in [5.74, 6) is -3.22. The van der Waals surface area contributed by atoms with Crippen LogP contribution >= 0.6 is 0 Å². The van der Waals surface area contributed by atoms with Gasteiger partial charge in [0.2, 0.25) is 0 Å². The molecule has 0 bridgehead atoms. The number of nitrogens with zero attached hydrogens (tertiary/aromatic N) is 1. The van der Waals surface area contributed by atoms with Gasteiger partial charge in [-0.15, -0.1) is 0 Å². The molecule has 1 heterocycles. The fraction of sp³-hybridized carbons (Fsp3) is 0. The van der Waals surface area contributed by atoms with Crippen LogP contribution in [0.2, 0.25) is 0 Å². The van der Waals surface area contributed by atoms with Crippen molar-refractivity contribution in [3.63, 3.8) is 0 Å². The molecule has 0 aliphatic rings. The molecule has 104 valence electrons. The van der Waals surface area contributed by atoms with Gasteiger partial charge in [-0.1, -0.05) is 17.9 Å². The molecular weight excluding hydrogens is 352 g/mol. The summed E-state index contributed by atoms with van der Waals surface area (Å²) in [4.78, 5) is 26.0. The Hall–Kier alpha value is 0.123. The Morgan fingerprint density at radius 1 is 1.00 bits per heavy atom. The number of carbonyl (C=O) groups is 2. The minimum absolute atomic E-state index is 0. The van der Waals surface area contributed by atoms with Gasteiger partial charge < -0.3 is 20.1 Å². The largest absolute Gasteiger partial charge is 1.00 e. The molecule has 23 heavy (non-hydrogen) atoms. The summed E-state index contributed by atoms with van der Waals surface area (Å²) in [5, 5.41) is 32.6. The molecule has 0 spiro atoms. The molecule has 8 heteroatoms. The zero-order chi connectivity index (χ0) is 15.1. The van der Waals surface area contributed by atoms with E-state index in [1.54, 1.807) is 0 Å². The first-order valence-corrected chi connectivity index (χ1v) is 5.96. The molecular formula is C15H7K2NO5. The van der Waals surface area contributed by atoms with Crippen LogP contribution < -0.4 is 113 Å². The van der Waals surface area contributed by atoms with E-state index >= 15 is 0 Å². The molecule has 0 saturated heterocycles. The van der Waals surface area contributed by atoms with Gasteiger partial charge in [-0.2, -0.15) is 0 Å². The van der Waals surface area contributed by atoms with Gasteiger partial charge >= 0.3 is 109 Å². The van der Waals surface area contributed by atoms with Crippen molar-refractivity contribution < 1.29 is 128 Å². The summed E-state index contributed by atoms with van der Waals surface area (Å²) in [5.41, 5.74) is 0.369. The summed E-state index contributed by atoms with van der Waals surface area (Å²) >= 11 is 0. The van der Waals surface area contributed by atoms with Gasteiger partial charge in [0.15, 0.2) is 0 Å². The minimum atomic E-state index is -1.32. The molecule has 0 amide bonds. The van der Waals surface area contributed by atoms with Gasteiger partial charge in [0.25, 0.3) is 0 Å². The number of rotatable bonds is 2. The summed E-state index contributed by atoms with van der Waals surface area (Å²) < 4.78 is 0. The molecule has 6 nitrogen and oxygen atoms in total. The third kappa shape index (κ3) is 4.21. The standard InChI is InChI=1S/C15H9NO5.2K/c17-13-9(15(20)21)3-4-11-10(13)5-7-1-2-8(14(18)19)6-12(7)16-11;;/h1-6,17H,(H,18,19)(H,20,21);;/q;2*+1/p-2. The van der Waals surface area contributed by atoms with E-state index in [0.29, 0.717) is 16.4 Å². The first kappa shape index (κ1) is 21.2. The Morgan fingerprint density at radius 3 is 2.30 bits per heavy atom. The molecule has 1 N–H and O–H groups in total. The Labute approximate surface area is 215 Å². The number of carbonyl (C=O) groups excluding carboxylic acids is 1. The number of aromatic nitrogens is 1. The van der Waals surface area contributed by atoms with Crippen LogP contribution in [-0.4, -0.2) is 22.0 Å². The second-order valence-corrected chi connectivity index (χ2v) is 4.50. The van der Waals surface area contributed by atoms with Crippen LogP contribution in [0.5, 0.6) is 5.75 Å². The summed E-state index contributed by atoms with van der Waals surface area (Å²) in [6, 6.07) is 8.31. The quantitative estimate of drug-likeness (QED) is 0.361. The van der Waals surface area contributed by atoms with Gasteiger partial charge in [-0.3, -0.25) is 0 Å². The monoisotopic (exact) mass is 359 g/mol. The molecule has 0 unspecified atom stereocenters. The van der Waals surface area contributed by atoms with Crippen LogP contribution in [0.25, 0.3) is 21.8 Å². The molecule has 0 fully saturated rings. The molecule has 0 atom stereocenters. The van der Waals surface area contributed by atoms with Crippen LogP contribution in [0.3, 0.4) is 0 Å². The second kappa shape index (κ2) is 8.48. The molecule has 0 saturated carbocycles. The van der Waals surface area contributed by atoms with Crippen molar-refractivity contribution in [2.45, 2.75) is 0 Å². The normalized spacial score (nSPS) is 9.91. The Bertz CT molecular complexity index is 927. The van der Waals surface area contributed by atoms with Crippen molar-refractivity contribution in [2.24, 2.45) is 0 Å². The first-order chi connectivity index (χ1) is 9.97. The predicted molar refractivity (Wildman–Crippen MR) is 70.0 cm³/mol. The molecule has 3 aromatic rings. The van der Waals surface area contributed by atoms with Crippen LogP contribution in [0.15, 0.2) is 36.4 Å². The van der Waals surface area contributed by atoms with Crippen LogP contribution in [-0.2, 0) is 0 Å². The van der Waals surface area contributed by atoms with Gasteiger partial charge in [-0.05, 0) is 35.2 Å². The summed E-state index contributed by atoms with van der Waals surface area (Å²) in [7, 11) is 0. The number of benzene rings is 2. The molecule has 0 aliphatic carbocycles. The zero-order valence-electron chi connectivity index (χ0n) is 12.5. The fourth-order valence-corrected chi connectivity index (χ4v) is 2.17. The molecule has 2 aromatic carbocycles. The van der Waals surface area contributed by atoms with Gasteiger partial charge in [-0.25, -0.2) is 9.78 Å². The SMILES string of the molecule is O=C([O-])c1ccc2cc3c([O-])c(C(=O)O)ccc3nc2c1.[K+].[K+]. The third-order valence-electron chi connectivity index (χ3n) is 3.21. The molecule has 3 rings (SSSR count). The average Bonchev–Trinajstić information content (AvgIpc) is 2.45. The van der Waals surface area contributed by atoms with Gasteiger partial charge in [0.1, 0.15) is 0 Å². The van der Waals surface area contributed by atoms with Crippen molar-refractivity contribution in [2.75, 3.05) is 0 Å². The van der Waals surface area contributed by atoms with Crippen LogP contribution in [0.1, 0.15) is 20.7 Å². The van der Waals surface area contributed by atoms with Gasteiger partial charge in [0.05, 0.1) is 22.6 Å². The number of aromatic carboxylic acids is 2. The topological polar surface area (TPSA) is 113 Å². The number of hydrogen-bond acceptors (Lipinski definition) is 5. The maximum absolute atomic E-state index is 12.1. The summed E-state index contributed by atoms with van der Waals surface area (Å²) in [6.45, 7) is 0. The first-order valence-electron chi connectivity index (χ1n) is 5.96. The Morgan fingerprint density at radius 2 is 1.70 bits per heavy atom. The Kier molecular flexibility index (Phi) is 7.80. The number of carboxylic acid groups (broad SMARTS) is 2.